The van der Waals surface area contributed by atoms with Gasteiger partial charge >= 0.3 is 0 Å². The van der Waals surface area contributed by atoms with Crippen LogP contribution in [0.2, 0.25) is 0 Å². The molecule has 132 valence electrons. The van der Waals surface area contributed by atoms with Gasteiger partial charge in [-0.1, -0.05) is 11.8 Å². The minimum absolute atomic E-state index is 0.202. The number of aromatic nitrogens is 8. The van der Waals surface area contributed by atoms with E-state index in [-0.39, 0.29) is 5.75 Å². The molecule has 10 nitrogen and oxygen atoms in total. The number of imidazole rings is 1. The molecule has 0 amide bonds. The van der Waals surface area contributed by atoms with E-state index in [4.69, 9.17) is 5.73 Å². The average Bonchev–Trinajstić information content (AvgIpc) is 3.27. The van der Waals surface area contributed by atoms with Crippen LogP contribution >= 0.6 is 11.8 Å². The van der Waals surface area contributed by atoms with Crippen molar-refractivity contribution in [3.63, 3.8) is 0 Å². The molecular weight excluding hydrogens is 354 g/mol. The normalized spacial score (nSPS) is 11.2. The Morgan fingerprint density at radius 3 is 2.81 bits per heavy atom. The summed E-state index contributed by atoms with van der Waals surface area (Å²) in [6, 6.07) is 6.72. The van der Waals surface area contributed by atoms with Gasteiger partial charge in [-0.3, -0.25) is 0 Å². The summed E-state index contributed by atoms with van der Waals surface area (Å²) in [4.78, 5) is 12.4. The summed E-state index contributed by atoms with van der Waals surface area (Å²) < 4.78 is 3.60. The molecule has 11 heteroatoms. The van der Waals surface area contributed by atoms with E-state index in [1.54, 1.807) is 47.0 Å². The topological polar surface area (TPSA) is 133 Å². The van der Waals surface area contributed by atoms with Crippen LogP contribution in [0, 0.1) is 0 Å². The van der Waals surface area contributed by atoms with E-state index in [0.717, 1.165) is 30.1 Å². The Labute approximate surface area is 152 Å². The molecule has 4 aromatic rings. The van der Waals surface area contributed by atoms with Crippen LogP contribution in [0.15, 0.2) is 42.1 Å². The fraction of sp³-hybridized carbons (Fsp3) is 0.200. The van der Waals surface area contributed by atoms with Crippen molar-refractivity contribution in [3.05, 3.63) is 36.9 Å². The lowest BCUT2D eigenvalue weighted by Crippen LogP contribution is -2.02. The van der Waals surface area contributed by atoms with Crippen molar-refractivity contribution in [2.24, 2.45) is 0 Å². The zero-order valence-electron chi connectivity index (χ0n) is 13.6. The van der Waals surface area contributed by atoms with E-state index >= 15 is 0 Å². The van der Waals surface area contributed by atoms with E-state index < -0.39 is 0 Å². The van der Waals surface area contributed by atoms with Gasteiger partial charge in [0.25, 0.3) is 0 Å². The van der Waals surface area contributed by atoms with Crippen molar-refractivity contribution < 1.29 is 5.11 Å². The quantitative estimate of drug-likeness (QED) is 0.380. The molecule has 0 spiro atoms. The highest BCUT2D eigenvalue weighted by Crippen LogP contribution is 2.21. The Morgan fingerprint density at radius 2 is 1.96 bits per heavy atom. The smallest absolute Gasteiger partial charge is 0.214 e. The number of hydrogen-bond acceptors (Lipinski definition) is 9. The predicted molar refractivity (Wildman–Crippen MR) is 95.9 cm³/mol. The van der Waals surface area contributed by atoms with E-state index in [1.165, 1.54) is 6.33 Å². The maximum Gasteiger partial charge on any atom is 0.214 e. The van der Waals surface area contributed by atoms with Crippen molar-refractivity contribution in [3.8, 4) is 11.4 Å². The van der Waals surface area contributed by atoms with E-state index in [1.807, 2.05) is 4.57 Å². The van der Waals surface area contributed by atoms with Gasteiger partial charge in [0, 0.05) is 12.3 Å². The Balaban J connectivity index is 1.39. The highest BCUT2D eigenvalue weighted by molar-refractivity contribution is 7.99. The molecule has 26 heavy (non-hydrogen) atoms. The number of thioether (sulfide) groups is 1. The Hall–Kier alpha value is -3.21. The second kappa shape index (κ2) is 6.96. The van der Waals surface area contributed by atoms with Gasteiger partial charge in [-0.2, -0.15) is 4.68 Å². The van der Waals surface area contributed by atoms with Gasteiger partial charge < -0.3 is 15.4 Å². The minimum Gasteiger partial charge on any atom is -0.508 e. The molecule has 0 bridgehead atoms. The number of nitrogen functional groups attached to an aromatic ring is 1. The van der Waals surface area contributed by atoms with Crippen LogP contribution in [-0.4, -0.2) is 50.6 Å². The number of benzene rings is 1. The number of aryl methyl sites for hydroxylation is 1. The van der Waals surface area contributed by atoms with Crippen LogP contribution in [-0.2, 0) is 6.54 Å². The first-order valence-electron chi connectivity index (χ1n) is 7.84. The maximum atomic E-state index is 9.39. The lowest BCUT2D eigenvalue weighted by atomic mass is 10.3. The molecule has 0 radical (unpaired) electrons. The fourth-order valence-corrected chi connectivity index (χ4v) is 3.30. The van der Waals surface area contributed by atoms with Gasteiger partial charge in [-0.25, -0.2) is 15.0 Å². The Morgan fingerprint density at radius 1 is 1.12 bits per heavy atom. The average molecular weight is 369 g/mol. The SMILES string of the molecule is Nc1ncnc2c1ncn2CCCSc1nnnn1-c1ccc(O)cc1. The molecular formula is C15H15N9OS. The van der Waals surface area contributed by atoms with Crippen molar-refractivity contribution >= 4 is 28.7 Å². The molecule has 0 aliphatic carbocycles. The lowest BCUT2D eigenvalue weighted by Gasteiger charge is -2.05. The first kappa shape index (κ1) is 16.3. The number of nitrogens with zero attached hydrogens (tertiary/aromatic N) is 8. The number of anilines is 1. The summed E-state index contributed by atoms with van der Waals surface area (Å²) in [6.45, 7) is 0.751. The number of nitrogens with two attached hydrogens (primary N) is 1. The molecule has 3 aromatic heterocycles. The zero-order valence-corrected chi connectivity index (χ0v) is 14.4. The van der Waals surface area contributed by atoms with Gasteiger partial charge in [-0.05, 0) is 41.1 Å². The summed E-state index contributed by atoms with van der Waals surface area (Å²) in [7, 11) is 0. The van der Waals surface area contributed by atoms with Crippen molar-refractivity contribution in [2.45, 2.75) is 18.1 Å². The summed E-state index contributed by atoms with van der Waals surface area (Å²) in [6.07, 6.45) is 4.04. The number of phenols is 1. The van der Waals surface area contributed by atoms with Crippen LogP contribution in [0.1, 0.15) is 6.42 Å². The van der Waals surface area contributed by atoms with Crippen LogP contribution in [0.3, 0.4) is 0 Å². The molecule has 0 unspecified atom stereocenters. The van der Waals surface area contributed by atoms with Crippen molar-refractivity contribution in [2.75, 3.05) is 11.5 Å². The Kier molecular flexibility index (Phi) is 4.35. The summed E-state index contributed by atoms with van der Waals surface area (Å²) >= 11 is 1.56. The second-order valence-electron chi connectivity index (χ2n) is 5.46. The van der Waals surface area contributed by atoms with Crippen molar-refractivity contribution in [1.29, 1.82) is 0 Å². The monoisotopic (exact) mass is 369 g/mol. The Bertz CT molecular complexity index is 1030. The van der Waals surface area contributed by atoms with Gasteiger partial charge in [-0.15, -0.1) is 5.10 Å². The molecule has 1 aromatic carbocycles. The first-order valence-corrected chi connectivity index (χ1v) is 8.83. The van der Waals surface area contributed by atoms with Crippen LogP contribution in [0.5, 0.6) is 5.75 Å². The largest absolute Gasteiger partial charge is 0.508 e. The first-order chi connectivity index (χ1) is 12.7. The maximum absolute atomic E-state index is 9.39. The highest BCUT2D eigenvalue weighted by atomic mass is 32.2. The van der Waals surface area contributed by atoms with Crippen LogP contribution in [0.4, 0.5) is 5.82 Å². The number of rotatable bonds is 6. The summed E-state index contributed by atoms with van der Waals surface area (Å²) in [5, 5.41) is 21.9. The van der Waals surface area contributed by atoms with Gasteiger partial charge in [0.05, 0.1) is 12.0 Å². The van der Waals surface area contributed by atoms with Crippen molar-refractivity contribution in [1.82, 2.24) is 39.7 Å². The van der Waals surface area contributed by atoms with Crippen LogP contribution in [0.25, 0.3) is 16.9 Å². The van der Waals surface area contributed by atoms with Gasteiger partial charge in [0.1, 0.15) is 17.6 Å². The molecule has 0 saturated carbocycles. The molecule has 0 saturated heterocycles. The fourth-order valence-electron chi connectivity index (χ4n) is 2.49. The third-order valence-electron chi connectivity index (χ3n) is 3.74. The minimum atomic E-state index is 0.202. The predicted octanol–water partition coefficient (Wildman–Crippen LogP) is 1.27. The molecule has 0 aliphatic rings. The third-order valence-corrected chi connectivity index (χ3v) is 4.74. The van der Waals surface area contributed by atoms with E-state index in [0.29, 0.717) is 16.5 Å². The summed E-state index contributed by atoms with van der Waals surface area (Å²) in [5.41, 5.74) is 7.95. The highest BCUT2D eigenvalue weighted by Gasteiger charge is 2.10. The lowest BCUT2D eigenvalue weighted by molar-refractivity contribution is 0.475. The van der Waals surface area contributed by atoms with Gasteiger partial charge in [0.2, 0.25) is 5.16 Å². The van der Waals surface area contributed by atoms with Gasteiger partial charge in [0.15, 0.2) is 11.5 Å². The molecule has 3 N–H and O–H groups in total. The number of tetrazole rings is 1. The van der Waals surface area contributed by atoms with E-state index in [2.05, 4.69) is 30.5 Å². The number of aromatic hydroxyl groups is 1. The van der Waals surface area contributed by atoms with Crippen LogP contribution < -0.4 is 5.73 Å². The summed E-state index contributed by atoms with van der Waals surface area (Å²) in [5.74, 6) is 1.41. The molecule has 4 rings (SSSR count). The number of phenolic OH excluding ortho intramolecular Hbond substituents is 1. The third kappa shape index (κ3) is 3.16. The standard InChI is InChI=1S/C15H15N9OS/c16-13-12-14(18-8-17-13)23(9-19-12)6-1-7-26-15-20-21-22-24(15)10-2-4-11(25)5-3-10/h2-5,8-9,25H,1,6-7H2,(H2,16,17,18). The number of hydrogen-bond donors (Lipinski definition) is 2. The molecule has 0 atom stereocenters. The number of fused-ring (bicyclic) bond motifs is 1. The molecule has 0 fully saturated rings. The zero-order chi connectivity index (χ0) is 17.9. The molecule has 0 aliphatic heterocycles. The molecule has 3 heterocycles. The second-order valence-corrected chi connectivity index (χ2v) is 6.52. The van der Waals surface area contributed by atoms with E-state index in [9.17, 15) is 5.11 Å².